The van der Waals surface area contributed by atoms with E-state index in [-0.39, 0.29) is 31.8 Å². The van der Waals surface area contributed by atoms with Crippen molar-refractivity contribution >= 4 is 17.6 Å². The number of ether oxygens (including phenoxy) is 2. The summed E-state index contributed by atoms with van der Waals surface area (Å²) in [5, 5.41) is 2.16. The van der Waals surface area contributed by atoms with Crippen LogP contribution < -0.4 is 5.32 Å². The number of alkyl halides is 6. The molecule has 2 aromatic rings. The molecule has 4 rings (SSSR count). The number of carbonyl (C=O) groups excluding carboxylic acids is 2. The van der Waals surface area contributed by atoms with E-state index in [9.17, 15) is 35.9 Å². The van der Waals surface area contributed by atoms with Crippen molar-refractivity contribution in [2.45, 2.75) is 44.3 Å². The molecule has 9 nitrogen and oxygen atoms in total. The number of anilines is 1. The van der Waals surface area contributed by atoms with Gasteiger partial charge in [0.1, 0.15) is 12.3 Å². The summed E-state index contributed by atoms with van der Waals surface area (Å²) in [5.41, 5.74) is -3.81. The summed E-state index contributed by atoms with van der Waals surface area (Å²) >= 11 is 0. The van der Waals surface area contributed by atoms with Crippen LogP contribution in [0, 0.1) is 0 Å². The van der Waals surface area contributed by atoms with E-state index in [1.807, 2.05) is 0 Å². The van der Waals surface area contributed by atoms with E-state index in [2.05, 4.69) is 10.2 Å². The van der Waals surface area contributed by atoms with Crippen LogP contribution in [-0.4, -0.2) is 91.8 Å². The molecule has 2 saturated heterocycles. The quantitative estimate of drug-likeness (QED) is 0.353. The Balaban J connectivity index is 1.52. The lowest BCUT2D eigenvalue weighted by Gasteiger charge is -2.30. The Hall–Kier alpha value is -3.30. The lowest BCUT2D eigenvalue weighted by atomic mass is 10.1. The number of halogens is 6. The van der Waals surface area contributed by atoms with Crippen LogP contribution in [0.2, 0.25) is 0 Å². The number of nitrogens with zero attached hydrogens (tertiary/aromatic N) is 3. The molecule has 3 amide bonds. The molecule has 2 aliphatic rings. The first-order chi connectivity index (χ1) is 20.4. The van der Waals surface area contributed by atoms with Gasteiger partial charge in [0.25, 0.3) is 0 Å². The van der Waals surface area contributed by atoms with Crippen LogP contribution in [-0.2, 0) is 33.2 Å². The molecule has 2 fully saturated rings. The number of benzene rings is 1. The smallest absolute Gasteiger partial charge is 0.416 e. The average Bonchev–Trinajstić information content (AvgIpc) is 3.66. The molecule has 0 bridgehead atoms. The third-order valence-electron chi connectivity index (χ3n) is 7.19. The Labute approximate surface area is 244 Å². The van der Waals surface area contributed by atoms with Gasteiger partial charge < -0.3 is 29.0 Å². The molecular weight excluding hydrogens is 586 g/mol. The Kier molecular flexibility index (Phi) is 11.0. The molecule has 43 heavy (non-hydrogen) atoms. The summed E-state index contributed by atoms with van der Waals surface area (Å²) in [4.78, 5) is 31.6. The van der Waals surface area contributed by atoms with Crippen molar-refractivity contribution < 1.29 is 49.8 Å². The van der Waals surface area contributed by atoms with Crippen LogP contribution in [0.4, 0.5) is 36.8 Å². The molecule has 1 N–H and O–H groups in total. The van der Waals surface area contributed by atoms with Crippen molar-refractivity contribution in [3.63, 3.8) is 0 Å². The molecule has 0 spiro atoms. The molecule has 1 aromatic heterocycles. The lowest BCUT2D eigenvalue weighted by molar-refractivity contribution is -0.143. The number of hydrogen-bond donors (Lipinski definition) is 1. The van der Waals surface area contributed by atoms with E-state index in [0.717, 1.165) is 17.7 Å². The van der Waals surface area contributed by atoms with E-state index in [4.69, 9.17) is 13.9 Å². The van der Waals surface area contributed by atoms with Crippen molar-refractivity contribution in [1.29, 1.82) is 0 Å². The van der Waals surface area contributed by atoms with Crippen molar-refractivity contribution in [3.8, 4) is 0 Å². The van der Waals surface area contributed by atoms with Crippen molar-refractivity contribution in [2.75, 3.05) is 64.4 Å². The number of carbonyl (C=O) groups is 2. The summed E-state index contributed by atoms with van der Waals surface area (Å²) in [6, 6.07) is 3.20. The molecule has 15 heteroatoms. The molecule has 1 aromatic carbocycles. The van der Waals surface area contributed by atoms with E-state index in [0.29, 0.717) is 63.8 Å². The second kappa shape index (κ2) is 14.4. The number of amides is 3. The zero-order valence-corrected chi connectivity index (χ0v) is 23.4. The SMILES string of the molecule is O=C(CN(CCCN1CCOCC1)C(=O)Nc1cc(C(F)(F)F)cc(C(F)(F)F)c1)N(Cc1ccco1)CC1CCCO1. The van der Waals surface area contributed by atoms with Crippen LogP contribution in [0.1, 0.15) is 36.1 Å². The molecule has 1 atom stereocenters. The minimum Gasteiger partial charge on any atom is -0.467 e. The van der Waals surface area contributed by atoms with Gasteiger partial charge in [0.15, 0.2) is 0 Å². The maximum Gasteiger partial charge on any atom is 0.416 e. The first-order valence-electron chi connectivity index (χ1n) is 14.0. The average molecular weight is 621 g/mol. The largest absolute Gasteiger partial charge is 0.467 e. The fraction of sp³-hybridized carbons (Fsp3) is 0.571. The van der Waals surface area contributed by atoms with Crippen LogP contribution in [0.5, 0.6) is 0 Å². The van der Waals surface area contributed by atoms with Crippen LogP contribution >= 0.6 is 0 Å². The fourth-order valence-corrected chi connectivity index (χ4v) is 4.93. The van der Waals surface area contributed by atoms with Gasteiger partial charge >= 0.3 is 18.4 Å². The summed E-state index contributed by atoms with van der Waals surface area (Å²) in [6.45, 7) is 3.43. The monoisotopic (exact) mass is 620 g/mol. The van der Waals surface area contributed by atoms with Gasteiger partial charge in [-0.05, 0) is 49.6 Å². The third-order valence-corrected chi connectivity index (χ3v) is 7.19. The standard InChI is InChI=1S/C28H34F6N4O5/c29-27(30,31)20-14-21(28(32,33)34)16-22(15-20)35-26(40)37(7-3-6-36-8-12-41-13-9-36)19-25(39)38(17-23-4-1-10-42-23)18-24-5-2-11-43-24/h1,4,10,14-16,24H,2-3,5-9,11-13,17-19H2,(H,35,40). The highest BCUT2D eigenvalue weighted by atomic mass is 19.4. The second-order valence-electron chi connectivity index (χ2n) is 10.4. The molecule has 0 saturated carbocycles. The molecular formula is C28H34F6N4O5. The van der Waals surface area contributed by atoms with E-state index >= 15 is 0 Å². The van der Waals surface area contributed by atoms with Gasteiger partial charge in [-0.3, -0.25) is 9.69 Å². The highest BCUT2D eigenvalue weighted by Gasteiger charge is 2.37. The third kappa shape index (κ3) is 9.86. The zero-order valence-electron chi connectivity index (χ0n) is 23.4. The number of nitrogens with one attached hydrogen (secondary N) is 1. The molecule has 0 radical (unpaired) electrons. The second-order valence-corrected chi connectivity index (χ2v) is 10.4. The van der Waals surface area contributed by atoms with Crippen LogP contribution in [0.25, 0.3) is 0 Å². The Morgan fingerprint density at radius 2 is 1.67 bits per heavy atom. The van der Waals surface area contributed by atoms with E-state index in [1.165, 1.54) is 11.2 Å². The van der Waals surface area contributed by atoms with Gasteiger partial charge in [0.2, 0.25) is 5.91 Å². The van der Waals surface area contributed by atoms with Gasteiger partial charge in [-0.25, -0.2) is 4.79 Å². The number of hydrogen-bond acceptors (Lipinski definition) is 6. The van der Waals surface area contributed by atoms with Gasteiger partial charge in [0.05, 0.1) is 43.3 Å². The fourth-order valence-electron chi connectivity index (χ4n) is 4.93. The predicted molar refractivity (Wildman–Crippen MR) is 142 cm³/mol. The number of rotatable bonds is 11. The Morgan fingerprint density at radius 1 is 0.977 bits per heavy atom. The van der Waals surface area contributed by atoms with Crippen molar-refractivity contribution in [3.05, 3.63) is 53.5 Å². The van der Waals surface area contributed by atoms with Gasteiger partial charge in [0, 0.05) is 45.0 Å². The highest BCUT2D eigenvalue weighted by Crippen LogP contribution is 2.37. The first kappa shape index (κ1) is 32.6. The molecule has 238 valence electrons. The number of furan rings is 1. The molecule has 0 aliphatic carbocycles. The molecule has 2 aliphatic heterocycles. The number of urea groups is 1. The van der Waals surface area contributed by atoms with E-state index < -0.39 is 47.6 Å². The van der Waals surface area contributed by atoms with Crippen molar-refractivity contribution in [2.24, 2.45) is 0 Å². The normalized spacial score (nSPS) is 18.0. The predicted octanol–water partition coefficient (Wildman–Crippen LogP) is 5.08. The molecule has 1 unspecified atom stereocenters. The summed E-state index contributed by atoms with van der Waals surface area (Å²) in [7, 11) is 0. The van der Waals surface area contributed by atoms with Crippen LogP contribution in [0.3, 0.4) is 0 Å². The highest BCUT2D eigenvalue weighted by molar-refractivity contribution is 5.92. The minimum atomic E-state index is -5.08. The zero-order chi connectivity index (χ0) is 31.0. The lowest BCUT2D eigenvalue weighted by Crippen LogP contribution is -2.47. The maximum absolute atomic E-state index is 13.5. The van der Waals surface area contributed by atoms with Crippen molar-refractivity contribution in [1.82, 2.24) is 14.7 Å². The summed E-state index contributed by atoms with van der Waals surface area (Å²) in [6.07, 6.45) is -6.94. The number of morpholine rings is 1. The van der Waals surface area contributed by atoms with Crippen LogP contribution in [0.15, 0.2) is 41.0 Å². The minimum absolute atomic E-state index is 0.0170. The maximum atomic E-state index is 13.5. The van der Waals surface area contributed by atoms with Gasteiger partial charge in [-0.2, -0.15) is 26.3 Å². The topological polar surface area (TPSA) is 87.5 Å². The molecule has 3 heterocycles. The Bertz CT molecular complexity index is 1160. The summed E-state index contributed by atoms with van der Waals surface area (Å²) in [5.74, 6) is 0.0201. The summed E-state index contributed by atoms with van der Waals surface area (Å²) < 4.78 is 96.7. The first-order valence-corrected chi connectivity index (χ1v) is 14.0. The van der Waals surface area contributed by atoms with E-state index in [1.54, 1.807) is 12.1 Å². The van der Waals surface area contributed by atoms with Gasteiger partial charge in [-0.15, -0.1) is 0 Å². The Morgan fingerprint density at radius 3 is 2.26 bits per heavy atom. The van der Waals surface area contributed by atoms with Gasteiger partial charge in [-0.1, -0.05) is 0 Å².